The minimum Gasteiger partial charge on any atom is -0.296 e. The van der Waals surface area contributed by atoms with Gasteiger partial charge in [-0.3, -0.25) is 25.0 Å². The van der Waals surface area contributed by atoms with Gasteiger partial charge in [0.2, 0.25) is 0 Å². The second kappa shape index (κ2) is 8.14. The molecule has 3 heterocycles. The molecular weight excluding hydrogens is 455 g/mol. The van der Waals surface area contributed by atoms with E-state index in [0.717, 1.165) is 31.5 Å². The number of anilines is 1. The van der Waals surface area contributed by atoms with E-state index in [0.29, 0.717) is 37.9 Å². The third-order valence-corrected chi connectivity index (χ3v) is 6.92. The highest BCUT2D eigenvalue weighted by molar-refractivity contribution is 7.20. The molecule has 6 nitrogen and oxygen atoms in total. The normalized spacial score (nSPS) is 13.8. The Morgan fingerprint density at radius 3 is 2.62 bits per heavy atom. The molecule has 0 fully saturated rings. The van der Waals surface area contributed by atoms with Gasteiger partial charge in [0.1, 0.15) is 10.7 Å². The van der Waals surface area contributed by atoms with Crippen LogP contribution in [0.4, 0.5) is 5.69 Å². The van der Waals surface area contributed by atoms with Crippen LogP contribution in [0, 0.1) is 6.92 Å². The summed E-state index contributed by atoms with van der Waals surface area (Å²) in [7, 11) is 0. The molecule has 0 bridgehead atoms. The van der Waals surface area contributed by atoms with Gasteiger partial charge in [0.05, 0.1) is 26.0 Å². The van der Waals surface area contributed by atoms with Crippen LogP contribution in [0.25, 0.3) is 10.2 Å². The number of benzene rings is 1. The SMILES string of the molecule is Cc1c(C(=O)NNc2c(Cl)cc(Cl)cc2Cl)sc2nc3n(c(=O)c12)CCCCC3. The molecule has 3 aromatic rings. The van der Waals surface area contributed by atoms with Crippen molar-refractivity contribution >= 4 is 68.0 Å². The molecule has 1 aromatic carbocycles. The summed E-state index contributed by atoms with van der Waals surface area (Å²) >= 11 is 19.4. The van der Waals surface area contributed by atoms with E-state index >= 15 is 0 Å². The summed E-state index contributed by atoms with van der Waals surface area (Å²) < 4.78 is 1.75. The van der Waals surface area contributed by atoms with Crippen LogP contribution in [-0.2, 0) is 13.0 Å². The minimum atomic E-state index is -0.396. The standard InChI is InChI=1S/C19H17Cl3N4O2S/c1-9-14-18(23-13-5-3-2-4-6-26(13)19(14)28)29-16(9)17(27)25-24-15-11(21)7-10(20)8-12(15)22/h7-8,24H,2-6H2,1H3,(H,25,27). The lowest BCUT2D eigenvalue weighted by Crippen LogP contribution is -2.29. The fourth-order valence-electron chi connectivity index (χ4n) is 3.46. The Morgan fingerprint density at radius 2 is 1.90 bits per heavy atom. The van der Waals surface area contributed by atoms with Crippen molar-refractivity contribution in [1.82, 2.24) is 15.0 Å². The van der Waals surface area contributed by atoms with Crippen molar-refractivity contribution in [2.24, 2.45) is 0 Å². The fourth-order valence-corrected chi connectivity index (χ4v) is 5.46. The largest absolute Gasteiger partial charge is 0.296 e. The summed E-state index contributed by atoms with van der Waals surface area (Å²) in [4.78, 5) is 31.5. The van der Waals surface area contributed by atoms with Gasteiger partial charge in [-0.05, 0) is 37.5 Å². The molecule has 2 N–H and O–H groups in total. The van der Waals surface area contributed by atoms with E-state index in [1.165, 1.54) is 23.5 Å². The van der Waals surface area contributed by atoms with Crippen molar-refractivity contribution in [3.05, 3.63) is 53.8 Å². The molecule has 0 saturated carbocycles. The second-order valence-electron chi connectivity index (χ2n) is 6.86. The highest BCUT2D eigenvalue weighted by atomic mass is 35.5. The molecule has 1 aliphatic rings. The highest BCUT2D eigenvalue weighted by Gasteiger charge is 2.22. The Kier molecular flexibility index (Phi) is 5.75. The number of nitrogens with one attached hydrogen (secondary N) is 2. The summed E-state index contributed by atoms with van der Waals surface area (Å²) in [6, 6.07) is 3.04. The lowest BCUT2D eigenvalue weighted by molar-refractivity contribution is 0.0966. The molecule has 0 spiro atoms. The quantitative estimate of drug-likeness (QED) is 0.514. The molecule has 10 heteroatoms. The van der Waals surface area contributed by atoms with Crippen LogP contribution in [0.5, 0.6) is 0 Å². The van der Waals surface area contributed by atoms with Crippen molar-refractivity contribution < 1.29 is 4.79 Å². The number of thiophene rings is 1. The van der Waals surface area contributed by atoms with Crippen LogP contribution < -0.4 is 16.4 Å². The minimum absolute atomic E-state index is 0.0727. The Hall–Kier alpha value is -1.80. The fraction of sp³-hybridized carbons (Fsp3) is 0.316. The van der Waals surface area contributed by atoms with E-state index < -0.39 is 5.91 Å². The second-order valence-corrected chi connectivity index (χ2v) is 9.11. The van der Waals surface area contributed by atoms with Crippen molar-refractivity contribution in [3.63, 3.8) is 0 Å². The van der Waals surface area contributed by atoms with Gasteiger partial charge < -0.3 is 0 Å². The first-order chi connectivity index (χ1) is 13.9. The maximum absolute atomic E-state index is 13.0. The number of halogens is 3. The van der Waals surface area contributed by atoms with E-state index in [2.05, 4.69) is 15.8 Å². The number of carbonyl (C=O) groups excluding carboxylic acids is 1. The zero-order chi connectivity index (χ0) is 20.7. The lowest BCUT2D eigenvalue weighted by atomic mass is 10.2. The number of hydrogen-bond donors (Lipinski definition) is 2. The van der Waals surface area contributed by atoms with Crippen LogP contribution in [0.2, 0.25) is 15.1 Å². The number of amides is 1. The van der Waals surface area contributed by atoms with Crippen molar-refractivity contribution in [2.75, 3.05) is 5.43 Å². The third-order valence-electron chi connectivity index (χ3n) is 4.93. The maximum atomic E-state index is 13.0. The monoisotopic (exact) mass is 470 g/mol. The average molecular weight is 472 g/mol. The molecule has 29 heavy (non-hydrogen) atoms. The molecule has 0 aliphatic carbocycles. The topological polar surface area (TPSA) is 76.0 Å². The van der Waals surface area contributed by atoms with E-state index in [9.17, 15) is 9.59 Å². The number of aromatic nitrogens is 2. The average Bonchev–Trinajstić information content (AvgIpc) is 2.83. The number of rotatable bonds is 3. The molecule has 1 amide bonds. The first-order valence-corrected chi connectivity index (χ1v) is 11.1. The van der Waals surface area contributed by atoms with Gasteiger partial charge in [0, 0.05) is 18.0 Å². The maximum Gasteiger partial charge on any atom is 0.280 e. The zero-order valence-corrected chi connectivity index (χ0v) is 18.5. The molecule has 4 rings (SSSR count). The number of nitrogens with zero attached hydrogens (tertiary/aromatic N) is 2. The molecule has 1 aliphatic heterocycles. The van der Waals surface area contributed by atoms with Gasteiger partial charge in [-0.25, -0.2) is 4.98 Å². The number of hydrazine groups is 1. The van der Waals surface area contributed by atoms with Crippen molar-refractivity contribution in [3.8, 4) is 0 Å². The van der Waals surface area contributed by atoms with Gasteiger partial charge in [0.15, 0.2) is 0 Å². The highest BCUT2D eigenvalue weighted by Crippen LogP contribution is 2.33. The van der Waals surface area contributed by atoms with E-state index in [1.54, 1.807) is 11.5 Å². The molecular formula is C19H17Cl3N4O2S. The van der Waals surface area contributed by atoms with E-state index in [1.807, 2.05) is 0 Å². The smallest absolute Gasteiger partial charge is 0.280 e. The predicted molar refractivity (Wildman–Crippen MR) is 119 cm³/mol. The number of hydrogen-bond acceptors (Lipinski definition) is 5. The van der Waals surface area contributed by atoms with Gasteiger partial charge in [-0.2, -0.15) is 0 Å². The van der Waals surface area contributed by atoms with Crippen molar-refractivity contribution in [2.45, 2.75) is 39.2 Å². The van der Waals surface area contributed by atoms with E-state index in [4.69, 9.17) is 34.8 Å². The Balaban J connectivity index is 1.66. The first-order valence-electron chi connectivity index (χ1n) is 9.10. The van der Waals surface area contributed by atoms with E-state index in [-0.39, 0.29) is 15.6 Å². The molecule has 0 unspecified atom stereocenters. The van der Waals surface area contributed by atoms with Gasteiger partial charge >= 0.3 is 0 Å². The van der Waals surface area contributed by atoms with Crippen LogP contribution >= 0.6 is 46.1 Å². The zero-order valence-electron chi connectivity index (χ0n) is 15.4. The van der Waals surface area contributed by atoms with Crippen molar-refractivity contribution in [1.29, 1.82) is 0 Å². The van der Waals surface area contributed by atoms with Crippen LogP contribution in [0.3, 0.4) is 0 Å². The van der Waals surface area contributed by atoms with Gasteiger partial charge in [-0.15, -0.1) is 11.3 Å². The summed E-state index contributed by atoms with van der Waals surface area (Å²) in [5, 5.41) is 1.45. The molecule has 2 aromatic heterocycles. The Bertz CT molecular complexity index is 1170. The van der Waals surface area contributed by atoms with Crippen LogP contribution in [0.1, 0.15) is 40.3 Å². The van der Waals surface area contributed by atoms with Gasteiger partial charge in [0.25, 0.3) is 11.5 Å². The summed E-state index contributed by atoms with van der Waals surface area (Å²) in [6.45, 7) is 2.44. The Morgan fingerprint density at radius 1 is 1.17 bits per heavy atom. The molecule has 0 atom stereocenters. The predicted octanol–water partition coefficient (Wildman–Crippen LogP) is 5.21. The first kappa shape index (κ1) is 20.5. The van der Waals surface area contributed by atoms with Crippen LogP contribution in [0.15, 0.2) is 16.9 Å². The third kappa shape index (κ3) is 3.84. The molecule has 0 radical (unpaired) electrons. The molecule has 152 valence electrons. The number of aryl methyl sites for hydroxylation is 2. The molecule has 0 saturated heterocycles. The Labute approximate surface area is 185 Å². The summed E-state index contributed by atoms with van der Waals surface area (Å²) in [5.41, 5.74) is 6.22. The summed E-state index contributed by atoms with van der Waals surface area (Å²) in [6.07, 6.45) is 3.84. The number of fused-ring (bicyclic) bond motifs is 2. The summed E-state index contributed by atoms with van der Waals surface area (Å²) in [5.74, 6) is 0.401. The van der Waals surface area contributed by atoms with Gasteiger partial charge in [-0.1, -0.05) is 41.2 Å². The lowest BCUT2D eigenvalue weighted by Gasteiger charge is -2.11. The number of carbonyl (C=O) groups is 1. The van der Waals surface area contributed by atoms with Crippen LogP contribution in [-0.4, -0.2) is 15.5 Å².